The lowest BCUT2D eigenvalue weighted by atomic mass is 9.95. The number of hydrazine groups is 1. The number of halogens is 1. The van der Waals surface area contributed by atoms with Crippen molar-refractivity contribution in [3.8, 4) is 11.4 Å². The zero-order valence-corrected chi connectivity index (χ0v) is 16.7. The van der Waals surface area contributed by atoms with E-state index in [2.05, 4.69) is 10.1 Å². The molecule has 0 atom stereocenters. The van der Waals surface area contributed by atoms with Crippen molar-refractivity contribution in [2.24, 2.45) is 12.9 Å². The summed E-state index contributed by atoms with van der Waals surface area (Å²) in [6, 6.07) is 9.41. The third-order valence-corrected chi connectivity index (χ3v) is 4.60. The van der Waals surface area contributed by atoms with Crippen LogP contribution >= 0.6 is 11.6 Å². The number of nitrogen functional groups attached to an aromatic ring is 1. The van der Waals surface area contributed by atoms with Crippen LogP contribution in [0.4, 0.5) is 11.5 Å². The van der Waals surface area contributed by atoms with Crippen molar-refractivity contribution in [3.05, 3.63) is 52.9 Å². The summed E-state index contributed by atoms with van der Waals surface area (Å²) in [6.45, 7) is 6.51. The van der Waals surface area contributed by atoms with E-state index in [9.17, 15) is 0 Å². The van der Waals surface area contributed by atoms with Gasteiger partial charge in [0.15, 0.2) is 5.82 Å². The van der Waals surface area contributed by atoms with Crippen LogP contribution in [0, 0.1) is 0 Å². The Hall–Kier alpha value is -2.64. The van der Waals surface area contributed by atoms with Crippen LogP contribution in [0.5, 0.6) is 0 Å². The van der Waals surface area contributed by atoms with Crippen LogP contribution in [-0.4, -0.2) is 19.7 Å². The Morgan fingerprint density at radius 1 is 1.15 bits per heavy atom. The Morgan fingerprint density at radius 3 is 2.44 bits per heavy atom. The van der Waals surface area contributed by atoms with Gasteiger partial charge in [0.2, 0.25) is 0 Å². The maximum Gasteiger partial charge on any atom is 0.170 e. The number of aromatic nitrogens is 4. The molecule has 0 amide bonds. The fraction of sp³-hybridized carbons (Fsp3) is 0.316. The van der Waals surface area contributed by atoms with Gasteiger partial charge < -0.3 is 5.73 Å². The molecule has 2 aromatic heterocycles. The molecule has 4 N–H and O–H groups in total. The Kier molecular flexibility index (Phi) is 5.08. The van der Waals surface area contributed by atoms with Gasteiger partial charge in [-0.05, 0) is 17.7 Å². The molecule has 0 aliphatic carbocycles. The minimum absolute atomic E-state index is 0.277. The smallest absolute Gasteiger partial charge is 0.170 e. The van der Waals surface area contributed by atoms with Crippen LogP contribution in [0.15, 0.2) is 36.5 Å². The summed E-state index contributed by atoms with van der Waals surface area (Å²) in [4.78, 5) is 9.37. The minimum Gasteiger partial charge on any atom is -0.394 e. The normalized spacial score (nSPS) is 11.6. The minimum atomic E-state index is -0.277. The van der Waals surface area contributed by atoms with Crippen molar-refractivity contribution >= 4 is 23.1 Å². The van der Waals surface area contributed by atoms with Gasteiger partial charge in [0.05, 0.1) is 12.2 Å². The molecule has 0 saturated heterocycles. The summed E-state index contributed by atoms with van der Waals surface area (Å²) in [7, 11) is 1.84. The summed E-state index contributed by atoms with van der Waals surface area (Å²) in [5, 5.41) is 6.37. The molecule has 0 spiro atoms. The van der Waals surface area contributed by atoms with Gasteiger partial charge in [-0.25, -0.2) is 15.8 Å². The second-order valence-electron chi connectivity index (χ2n) is 7.44. The van der Waals surface area contributed by atoms with Gasteiger partial charge >= 0.3 is 0 Å². The monoisotopic (exact) mass is 385 g/mol. The maximum absolute atomic E-state index is 6.43. The number of hydrogen-bond donors (Lipinski definition) is 2. The molecule has 0 unspecified atom stereocenters. The largest absolute Gasteiger partial charge is 0.394 e. The predicted octanol–water partition coefficient (Wildman–Crippen LogP) is 3.29. The molecule has 2 heterocycles. The first-order valence-corrected chi connectivity index (χ1v) is 8.98. The van der Waals surface area contributed by atoms with Crippen LogP contribution in [0.25, 0.3) is 11.4 Å². The second-order valence-corrected chi connectivity index (χ2v) is 7.85. The highest BCUT2D eigenvalue weighted by molar-refractivity contribution is 6.31. The van der Waals surface area contributed by atoms with Crippen LogP contribution in [-0.2, 0) is 19.0 Å². The summed E-state index contributed by atoms with van der Waals surface area (Å²) >= 11 is 6.27. The Bertz CT molecular complexity index is 959. The van der Waals surface area contributed by atoms with Crippen LogP contribution in [0.2, 0.25) is 5.02 Å². The number of nitrogens with two attached hydrogens (primary N) is 2. The molecule has 7 nitrogen and oxygen atoms in total. The zero-order chi connectivity index (χ0) is 19.8. The van der Waals surface area contributed by atoms with Gasteiger partial charge in [0.1, 0.15) is 17.2 Å². The quantitative estimate of drug-likeness (QED) is 0.528. The average molecular weight is 386 g/mol. The highest BCUT2D eigenvalue weighted by Gasteiger charge is 2.25. The molecule has 0 bridgehead atoms. The van der Waals surface area contributed by atoms with E-state index in [-0.39, 0.29) is 5.41 Å². The van der Waals surface area contributed by atoms with Gasteiger partial charge in [0.25, 0.3) is 0 Å². The number of benzene rings is 1. The molecular formula is C19H24ClN7. The molecule has 3 rings (SSSR count). The predicted molar refractivity (Wildman–Crippen MR) is 109 cm³/mol. The number of anilines is 2. The summed E-state index contributed by atoms with van der Waals surface area (Å²) in [6.07, 6.45) is 1.71. The highest BCUT2D eigenvalue weighted by atomic mass is 35.5. The summed E-state index contributed by atoms with van der Waals surface area (Å²) in [5.74, 6) is 7.47. The molecule has 0 aliphatic heterocycles. The lowest BCUT2D eigenvalue weighted by Crippen LogP contribution is -2.33. The molecule has 27 heavy (non-hydrogen) atoms. The number of rotatable bonds is 4. The van der Waals surface area contributed by atoms with E-state index in [1.165, 1.54) is 5.01 Å². The number of aryl methyl sites for hydroxylation is 1. The van der Waals surface area contributed by atoms with Crippen LogP contribution in [0.3, 0.4) is 0 Å². The summed E-state index contributed by atoms with van der Waals surface area (Å²) < 4.78 is 1.73. The topological polar surface area (TPSA) is 98.9 Å². The van der Waals surface area contributed by atoms with Crippen molar-refractivity contribution in [1.29, 1.82) is 0 Å². The lowest BCUT2D eigenvalue weighted by molar-refractivity contribution is 0.544. The average Bonchev–Trinajstić information content (AvgIpc) is 3.02. The Morgan fingerprint density at radius 2 is 1.85 bits per heavy atom. The number of nitrogens with zero attached hydrogens (tertiary/aromatic N) is 5. The molecule has 3 aromatic rings. The van der Waals surface area contributed by atoms with Gasteiger partial charge in [-0.1, -0.05) is 50.6 Å². The van der Waals surface area contributed by atoms with Crippen molar-refractivity contribution < 1.29 is 0 Å². The van der Waals surface area contributed by atoms with E-state index in [0.717, 1.165) is 11.3 Å². The van der Waals surface area contributed by atoms with E-state index in [4.69, 9.17) is 28.2 Å². The Labute approximate surface area is 163 Å². The third-order valence-electron chi connectivity index (χ3n) is 4.23. The van der Waals surface area contributed by atoms with Crippen LogP contribution in [0.1, 0.15) is 32.2 Å². The highest BCUT2D eigenvalue weighted by Crippen LogP contribution is 2.33. The zero-order valence-electron chi connectivity index (χ0n) is 15.9. The van der Waals surface area contributed by atoms with E-state index in [1.54, 1.807) is 10.9 Å². The van der Waals surface area contributed by atoms with Crippen molar-refractivity contribution in [3.63, 3.8) is 0 Å². The first kappa shape index (κ1) is 19.1. The molecule has 0 saturated carbocycles. The molecule has 0 aliphatic rings. The summed E-state index contributed by atoms with van der Waals surface area (Å²) in [5.41, 5.74) is 8.85. The van der Waals surface area contributed by atoms with E-state index in [0.29, 0.717) is 34.6 Å². The standard InChI is InChI=1S/C19H24ClN7/c1-19(2,3)18-24-16(14-9-10-23-26(14)4)15(21)17(25-18)27(22)11-12-7-5-6-8-13(12)20/h5-10H,11,21-22H2,1-4H3. The van der Waals surface area contributed by atoms with Crippen LogP contribution < -0.4 is 16.6 Å². The van der Waals surface area contributed by atoms with Gasteiger partial charge in [-0.15, -0.1) is 0 Å². The molecule has 1 aromatic carbocycles. The SMILES string of the molecule is Cn1nccc1-c1nc(C(C)(C)C)nc(N(N)Cc2ccccc2Cl)c1N. The fourth-order valence-corrected chi connectivity index (χ4v) is 2.89. The molecule has 142 valence electrons. The molecular weight excluding hydrogens is 362 g/mol. The van der Waals surface area contributed by atoms with E-state index in [1.807, 2.05) is 58.2 Å². The number of hydrogen-bond acceptors (Lipinski definition) is 6. The van der Waals surface area contributed by atoms with Crippen molar-refractivity contribution in [2.45, 2.75) is 32.7 Å². The van der Waals surface area contributed by atoms with Gasteiger partial charge in [-0.3, -0.25) is 9.69 Å². The first-order chi connectivity index (χ1) is 12.7. The van der Waals surface area contributed by atoms with E-state index >= 15 is 0 Å². The van der Waals surface area contributed by atoms with Gasteiger partial charge in [0, 0.05) is 23.7 Å². The van der Waals surface area contributed by atoms with E-state index < -0.39 is 0 Å². The van der Waals surface area contributed by atoms with Crippen molar-refractivity contribution in [1.82, 2.24) is 19.7 Å². The molecule has 0 radical (unpaired) electrons. The lowest BCUT2D eigenvalue weighted by Gasteiger charge is -2.25. The fourth-order valence-electron chi connectivity index (χ4n) is 2.70. The first-order valence-electron chi connectivity index (χ1n) is 8.60. The maximum atomic E-state index is 6.43. The second kappa shape index (κ2) is 7.17. The van der Waals surface area contributed by atoms with Crippen molar-refractivity contribution in [2.75, 3.05) is 10.7 Å². The van der Waals surface area contributed by atoms with Gasteiger partial charge in [-0.2, -0.15) is 5.10 Å². The molecule has 0 fully saturated rings. The Balaban J connectivity index is 2.11. The third kappa shape index (κ3) is 3.89. The molecule has 8 heteroatoms.